The zero-order valence-electron chi connectivity index (χ0n) is 12.7. The van der Waals surface area contributed by atoms with Crippen molar-refractivity contribution in [3.05, 3.63) is 71.0 Å². The zero-order valence-corrected chi connectivity index (χ0v) is 12.7. The summed E-state index contributed by atoms with van der Waals surface area (Å²) in [5, 5.41) is 20.8. The van der Waals surface area contributed by atoms with Crippen LogP contribution in [0.15, 0.2) is 48.5 Å². The van der Waals surface area contributed by atoms with E-state index >= 15 is 0 Å². The summed E-state index contributed by atoms with van der Waals surface area (Å²) in [5.74, 6) is -2.18. The fourth-order valence-corrected chi connectivity index (χ4v) is 2.31. The second-order valence-electron chi connectivity index (χ2n) is 5.24. The van der Waals surface area contributed by atoms with Gasteiger partial charge in [0.2, 0.25) is 5.91 Å². The highest BCUT2D eigenvalue weighted by atomic mass is 19.1. The number of halogens is 1. The topological polar surface area (TPSA) is 90.2 Å². The van der Waals surface area contributed by atoms with Gasteiger partial charge in [0.05, 0.1) is 18.1 Å². The third kappa shape index (κ3) is 4.65. The Morgan fingerprint density at radius 2 is 1.96 bits per heavy atom. The lowest BCUT2D eigenvalue weighted by Gasteiger charge is -2.15. The lowest BCUT2D eigenvalue weighted by atomic mass is 10.0. The Bertz CT molecular complexity index is 799. The number of hydrogen-bond acceptors (Lipinski definition) is 3. The highest BCUT2D eigenvalue weighted by Crippen LogP contribution is 2.11. The first-order chi connectivity index (χ1) is 11.5. The van der Waals surface area contributed by atoms with Crippen molar-refractivity contribution in [3.63, 3.8) is 0 Å². The number of hydrogen-bond donors (Lipinski definition) is 2. The predicted molar refractivity (Wildman–Crippen MR) is 84.5 cm³/mol. The van der Waals surface area contributed by atoms with Gasteiger partial charge in [0, 0.05) is 6.42 Å². The number of nitriles is 1. The minimum absolute atomic E-state index is 0.00599. The van der Waals surface area contributed by atoms with Crippen molar-refractivity contribution in [2.45, 2.75) is 18.9 Å². The van der Waals surface area contributed by atoms with Crippen molar-refractivity contribution < 1.29 is 19.1 Å². The Balaban J connectivity index is 2.07. The van der Waals surface area contributed by atoms with Gasteiger partial charge in [-0.15, -0.1) is 0 Å². The Morgan fingerprint density at radius 1 is 1.21 bits per heavy atom. The molecule has 0 heterocycles. The zero-order chi connectivity index (χ0) is 17.5. The minimum Gasteiger partial charge on any atom is -0.480 e. The third-order valence-electron chi connectivity index (χ3n) is 3.45. The van der Waals surface area contributed by atoms with Crippen LogP contribution in [0.2, 0.25) is 0 Å². The maximum absolute atomic E-state index is 13.1. The van der Waals surface area contributed by atoms with E-state index in [4.69, 9.17) is 5.26 Å². The molecule has 0 radical (unpaired) electrons. The lowest BCUT2D eigenvalue weighted by Crippen LogP contribution is -2.43. The van der Waals surface area contributed by atoms with Crippen molar-refractivity contribution in [2.24, 2.45) is 0 Å². The summed E-state index contributed by atoms with van der Waals surface area (Å²) in [6.07, 6.45) is -0.130. The third-order valence-corrected chi connectivity index (χ3v) is 3.45. The van der Waals surface area contributed by atoms with Crippen LogP contribution in [-0.4, -0.2) is 23.0 Å². The number of carboxylic acid groups (broad SMARTS) is 1. The van der Waals surface area contributed by atoms with Gasteiger partial charge in [-0.25, -0.2) is 9.18 Å². The van der Waals surface area contributed by atoms with E-state index in [0.29, 0.717) is 16.7 Å². The predicted octanol–water partition coefficient (Wildman–Crippen LogP) is 2.05. The van der Waals surface area contributed by atoms with Crippen molar-refractivity contribution in [1.29, 1.82) is 5.26 Å². The van der Waals surface area contributed by atoms with E-state index in [0.717, 1.165) is 0 Å². The van der Waals surface area contributed by atoms with Crippen molar-refractivity contribution in [1.82, 2.24) is 5.32 Å². The van der Waals surface area contributed by atoms with Gasteiger partial charge in [-0.1, -0.05) is 30.3 Å². The van der Waals surface area contributed by atoms with Gasteiger partial charge >= 0.3 is 5.97 Å². The fourth-order valence-electron chi connectivity index (χ4n) is 2.31. The van der Waals surface area contributed by atoms with Gasteiger partial charge in [0.15, 0.2) is 0 Å². The molecule has 0 bridgehead atoms. The maximum atomic E-state index is 13.1. The molecule has 2 aromatic carbocycles. The van der Waals surface area contributed by atoms with Gasteiger partial charge in [-0.05, 0) is 29.3 Å². The number of carbonyl (C=O) groups excluding carboxylic acids is 1. The van der Waals surface area contributed by atoms with Crippen molar-refractivity contribution in [2.75, 3.05) is 0 Å². The van der Waals surface area contributed by atoms with Crippen LogP contribution in [0.5, 0.6) is 0 Å². The summed E-state index contributed by atoms with van der Waals surface area (Å²) >= 11 is 0. The van der Waals surface area contributed by atoms with Gasteiger partial charge in [0.25, 0.3) is 0 Å². The first-order valence-corrected chi connectivity index (χ1v) is 7.24. The SMILES string of the molecule is N#Cc1ccccc1C[C@@H](NC(=O)Cc1cccc(F)c1)C(=O)O. The van der Waals surface area contributed by atoms with Gasteiger partial charge in [-0.3, -0.25) is 4.79 Å². The van der Waals surface area contributed by atoms with Crippen LogP contribution in [0.3, 0.4) is 0 Å². The molecule has 0 aromatic heterocycles. The Labute approximate surface area is 138 Å². The van der Waals surface area contributed by atoms with Crippen LogP contribution < -0.4 is 5.32 Å². The minimum atomic E-state index is -1.20. The van der Waals surface area contributed by atoms with Crippen molar-refractivity contribution >= 4 is 11.9 Å². The normalized spacial score (nSPS) is 11.3. The molecule has 0 saturated carbocycles. The number of nitrogens with zero attached hydrogens (tertiary/aromatic N) is 1. The molecule has 0 aliphatic rings. The maximum Gasteiger partial charge on any atom is 0.326 e. The van der Waals surface area contributed by atoms with Crippen molar-refractivity contribution in [3.8, 4) is 6.07 Å². The molecule has 0 spiro atoms. The van der Waals surface area contributed by atoms with Crippen LogP contribution in [0.4, 0.5) is 4.39 Å². The molecular formula is C18H15FN2O3. The summed E-state index contributed by atoms with van der Waals surface area (Å²) in [4.78, 5) is 23.4. The Hall–Kier alpha value is -3.20. The Kier molecular flexibility index (Phi) is 5.63. The average Bonchev–Trinajstić information content (AvgIpc) is 2.54. The number of carboxylic acids is 1. The van der Waals surface area contributed by atoms with E-state index < -0.39 is 23.7 Å². The molecule has 2 aromatic rings. The molecule has 2 N–H and O–H groups in total. The molecule has 24 heavy (non-hydrogen) atoms. The van der Waals surface area contributed by atoms with Gasteiger partial charge in [-0.2, -0.15) is 5.26 Å². The molecule has 1 amide bonds. The van der Waals surface area contributed by atoms with E-state index in [2.05, 4.69) is 5.32 Å². The molecule has 0 aliphatic heterocycles. The molecule has 0 unspecified atom stereocenters. The van der Waals surface area contributed by atoms with E-state index in [1.807, 2.05) is 6.07 Å². The van der Waals surface area contributed by atoms with Crippen LogP contribution in [0.1, 0.15) is 16.7 Å². The summed E-state index contributed by atoms with van der Waals surface area (Å²) in [5.41, 5.74) is 1.36. The molecular weight excluding hydrogens is 311 g/mol. The smallest absolute Gasteiger partial charge is 0.326 e. The highest BCUT2D eigenvalue weighted by Gasteiger charge is 2.21. The number of aliphatic carboxylic acids is 1. The number of amides is 1. The molecule has 2 rings (SSSR count). The quantitative estimate of drug-likeness (QED) is 0.850. The average molecular weight is 326 g/mol. The lowest BCUT2D eigenvalue weighted by molar-refractivity contribution is -0.141. The molecule has 122 valence electrons. The standard InChI is InChI=1S/C18H15FN2O3/c19-15-7-3-4-12(8-15)9-17(22)21-16(18(23)24)10-13-5-1-2-6-14(13)11-20/h1-8,16H,9-10H2,(H,21,22)(H,23,24)/t16-/m1/s1. The molecule has 1 atom stereocenters. The van der Waals surface area contributed by atoms with Crippen LogP contribution in [-0.2, 0) is 22.4 Å². The first-order valence-electron chi connectivity index (χ1n) is 7.24. The second kappa shape index (κ2) is 7.88. The molecule has 0 fully saturated rings. The summed E-state index contributed by atoms with van der Waals surface area (Å²) in [7, 11) is 0. The first kappa shape index (κ1) is 17.2. The second-order valence-corrected chi connectivity index (χ2v) is 5.24. The fraction of sp³-hybridized carbons (Fsp3) is 0.167. The van der Waals surface area contributed by atoms with E-state index in [-0.39, 0.29) is 12.8 Å². The van der Waals surface area contributed by atoms with Crippen LogP contribution in [0, 0.1) is 17.1 Å². The van der Waals surface area contributed by atoms with Crippen LogP contribution in [0.25, 0.3) is 0 Å². The Morgan fingerprint density at radius 3 is 2.62 bits per heavy atom. The van der Waals surface area contributed by atoms with Gasteiger partial charge in [0.1, 0.15) is 11.9 Å². The van der Waals surface area contributed by atoms with E-state index in [9.17, 15) is 19.1 Å². The monoisotopic (exact) mass is 326 g/mol. The number of rotatable bonds is 6. The number of nitrogens with one attached hydrogen (secondary N) is 1. The summed E-state index contributed by atoms with van der Waals surface area (Å²) in [6.45, 7) is 0. The number of benzene rings is 2. The van der Waals surface area contributed by atoms with Crippen LogP contribution >= 0.6 is 0 Å². The molecule has 0 aliphatic carbocycles. The van der Waals surface area contributed by atoms with Gasteiger partial charge < -0.3 is 10.4 Å². The van der Waals surface area contributed by atoms with E-state index in [1.165, 1.54) is 18.2 Å². The number of carbonyl (C=O) groups is 2. The largest absolute Gasteiger partial charge is 0.480 e. The molecule has 0 saturated heterocycles. The summed E-state index contributed by atoms with van der Waals surface area (Å²) < 4.78 is 13.1. The summed E-state index contributed by atoms with van der Waals surface area (Å²) in [6, 6.07) is 13.0. The van der Waals surface area contributed by atoms with E-state index in [1.54, 1.807) is 30.3 Å². The molecule has 5 nitrogen and oxygen atoms in total. The molecule has 6 heteroatoms. The highest BCUT2D eigenvalue weighted by molar-refractivity contribution is 5.85.